The minimum Gasteiger partial charge on any atom is -0.366 e. The normalized spacial score (nSPS) is 11.0. The highest BCUT2D eigenvalue weighted by Crippen LogP contribution is 2.34. The Labute approximate surface area is 134 Å². The molecular formula is C21H15NO. The lowest BCUT2D eigenvalue weighted by atomic mass is 9.91. The first-order chi connectivity index (χ1) is 11.3. The van der Waals surface area contributed by atoms with Gasteiger partial charge in [0.15, 0.2) is 0 Å². The van der Waals surface area contributed by atoms with E-state index in [1.807, 2.05) is 60.7 Å². The molecule has 0 aliphatic carbocycles. The van der Waals surface area contributed by atoms with Crippen molar-refractivity contribution in [3.8, 4) is 11.1 Å². The van der Waals surface area contributed by atoms with Crippen LogP contribution in [0, 0.1) is 0 Å². The molecule has 0 saturated carbocycles. The van der Waals surface area contributed by atoms with Gasteiger partial charge in [0, 0.05) is 0 Å². The summed E-state index contributed by atoms with van der Waals surface area (Å²) in [6, 6.07) is 26.2. The largest absolute Gasteiger partial charge is 0.366 e. The molecule has 0 bridgehead atoms. The molecule has 0 atom stereocenters. The SMILES string of the molecule is NC(=O)c1c(-c2cccc3ccccc23)ccc2ccccc12. The second-order valence-electron chi connectivity index (χ2n) is 5.60. The summed E-state index contributed by atoms with van der Waals surface area (Å²) >= 11 is 0. The number of hydrogen-bond donors (Lipinski definition) is 1. The number of nitrogens with two attached hydrogens (primary N) is 1. The van der Waals surface area contributed by atoms with Gasteiger partial charge in [-0.05, 0) is 32.7 Å². The van der Waals surface area contributed by atoms with Crippen molar-refractivity contribution < 1.29 is 4.79 Å². The van der Waals surface area contributed by atoms with E-state index in [-0.39, 0.29) is 0 Å². The van der Waals surface area contributed by atoms with Crippen LogP contribution in [0.1, 0.15) is 10.4 Å². The van der Waals surface area contributed by atoms with E-state index in [1.54, 1.807) is 0 Å². The molecule has 2 heteroatoms. The third kappa shape index (κ3) is 2.16. The first-order valence-corrected chi connectivity index (χ1v) is 7.55. The Morgan fingerprint density at radius 1 is 0.609 bits per heavy atom. The summed E-state index contributed by atoms with van der Waals surface area (Å²) in [6.07, 6.45) is 0. The maximum absolute atomic E-state index is 12.2. The molecule has 4 aromatic carbocycles. The minimum atomic E-state index is -0.398. The number of hydrogen-bond acceptors (Lipinski definition) is 1. The molecule has 2 N–H and O–H groups in total. The highest BCUT2D eigenvalue weighted by atomic mass is 16.1. The fourth-order valence-corrected chi connectivity index (χ4v) is 3.22. The Balaban J connectivity index is 2.13. The molecule has 23 heavy (non-hydrogen) atoms. The maximum atomic E-state index is 12.2. The lowest BCUT2D eigenvalue weighted by molar-refractivity contribution is 0.100. The summed E-state index contributed by atoms with van der Waals surface area (Å²) in [5.74, 6) is -0.398. The van der Waals surface area contributed by atoms with Gasteiger partial charge in [0.1, 0.15) is 0 Å². The molecule has 0 aliphatic rings. The number of primary amides is 1. The molecule has 0 aromatic heterocycles. The van der Waals surface area contributed by atoms with Gasteiger partial charge in [-0.1, -0.05) is 78.9 Å². The van der Waals surface area contributed by atoms with Crippen molar-refractivity contribution in [3.63, 3.8) is 0 Å². The highest BCUT2D eigenvalue weighted by Gasteiger charge is 2.15. The second kappa shape index (κ2) is 5.25. The molecule has 0 aliphatic heterocycles. The topological polar surface area (TPSA) is 43.1 Å². The van der Waals surface area contributed by atoms with Crippen LogP contribution in [-0.2, 0) is 0 Å². The van der Waals surface area contributed by atoms with E-state index in [2.05, 4.69) is 18.2 Å². The maximum Gasteiger partial charge on any atom is 0.249 e. The molecule has 110 valence electrons. The summed E-state index contributed by atoms with van der Waals surface area (Å²) in [5.41, 5.74) is 8.22. The molecule has 0 unspecified atom stereocenters. The quantitative estimate of drug-likeness (QED) is 0.569. The van der Waals surface area contributed by atoms with Crippen LogP contribution in [0.15, 0.2) is 78.9 Å². The van der Waals surface area contributed by atoms with E-state index in [4.69, 9.17) is 5.73 Å². The minimum absolute atomic E-state index is 0.398. The molecule has 1 amide bonds. The van der Waals surface area contributed by atoms with Crippen molar-refractivity contribution in [1.82, 2.24) is 0 Å². The van der Waals surface area contributed by atoms with Crippen molar-refractivity contribution in [1.29, 1.82) is 0 Å². The fraction of sp³-hybridized carbons (Fsp3) is 0. The van der Waals surface area contributed by atoms with Gasteiger partial charge in [-0.15, -0.1) is 0 Å². The van der Waals surface area contributed by atoms with Gasteiger partial charge in [0.05, 0.1) is 5.56 Å². The Hall–Kier alpha value is -3.13. The monoisotopic (exact) mass is 297 g/mol. The summed E-state index contributed by atoms with van der Waals surface area (Å²) in [4.78, 5) is 12.2. The van der Waals surface area contributed by atoms with E-state index in [9.17, 15) is 4.79 Å². The van der Waals surface area contributed by atoms with Crippen molar-refractivity contribution in [2.24, 2.45) is 5.73 Å². The standard InChI is InChI=1S/C21H15NO/c22-21(23)20-17-10-4-2-7-15(17)12-13-19(20)18-11-5-8-14-6-1-3-9-16(14)18/h1-13H,(H2,22,23). The first kappa shape index (κ1) is 13.5. The van der Waals surface area contributed by atoms with Gasteiger partial charge in [0.2, 0.25) is 5.91 Å². The molecule has 0 radical (unpaired) electrons. The third-order valence-corrected chi connectivity index (χ3v) is 4.26. The lowest BCUT2D eigenvalue weighted by Gasteiger charge is -2.13. The van der Waals surface area contributed by atoms with Gasteiger partial charge >= 0.3 is 0 Å². The number of amides is 1. The Morgan fingerprint density at radius 2 is 1.22 bits per heavy atom. The zero-order valence-electron chi connectivity index (χ0n) is 12.5. The molecule has 2 nitrogen and oxygen atoms in total. The first-order valence-electron chi connectivity index (χ1n) is 7.55. The molecular weight excluding hydrogens is 282 g/mol. The third-order valence-electron chi connectivity index (χ3n) is 4.26. The Morgan fingerprint density at radius 3 is 1.96 bits per heavy atom. The number of rotatable bonds is 2. The van der Waals surface area contributed by atoms with Crippen LogP contribution in [-0.4, -0.2) is 5.91 Å². The van der Waals surface area contributed by atoms with Gasteiger partial charge in [-0.3, -0.25) is 4.79 Å². The zero-order chi connectivity index (χ0) is 15.8. The van der Waals surface area contributed by atoms with E-state index in [1.165, 1.54) is 0 Å². The van der Waals surface area contributed by atoms with Crippen molar-refractivity contribution in [3.05, 3.63) is 84.4 Å². The van der Waals surface area contributed by atoms with Crippen LogP contribution in [0.4, 0.5) is 0 Å². The van der Waals surface area contributed by atoms with Gasteiger partial charge in [-0.25, -0.2) is 0 Å². The predicted octanol–water partition coefficient (Wildman–Crippen LogP) is 4.76. The number of carbonyl (C=O) groups excluding carboxylic acids is 1. The number of carbonyl (C=O) groups is 1. The average Bonchev–Trinajstić information content (AvgIpc) is 2.60. The van der Waals surface area contributed by atoms with Crippen molar-refractivity contribution in [2.75, 3.05) is 0 Å². The van der Waals surface area contributed by atoms with E-state index in [0.29, 0.717) is 5.56 Å². The fourth-order valence-electron chi connectivity index (χ4n) is 3.22. The van der Waals surface area contributed by atoms with Crippen LogP contribution in [0.2, 0.25) is 0 Å². The number of benzene rings is 4. The second-order valence-corrected chi connectivity index (χ2v) is 5.60. The summed E-state index contributed by atoms with van der Waals surface area (Å²) < 4.78 is 0. The molecule has 0 saturated heterocycles. The molecule has 0 fully saturated rings. The highest BCUT2D eigenvalue weighted by molar-refractivity contribution is 6.14. The smallest absolute Gasteiger partial charge is 0.249 e. The average molecular weight is 297 g/mol. The van der Waals surface area contributed by atoms with Crippen molar-refractivity contribution in [2.45, 2.75) is 0 Å². The van der Waals surface area contributed by atoms with E-state index < -0.39 is 5.91 Å². The zero-order valence-corrected chi connectivity index (χ0v) is 12.5. The van der Waals surface area contributed by atoms with Crippen LogP contribution in [0.5, 0.6) is 0 Å². The van der Waals surface area contributed by atoms with Crippen LogP contribution in [0.25, 0.3) is 32.7 Å². The van der Waals surface area contributed by atoms with Crippen LogP contribution < -0.4 is 5.73 Å². The molecule has 0 spiro atoms. The van der Waals surface area contributed by atoms with Crippen LogP contribution >= 0.6 is 0 Å². The number of fused-ring (bicyclic) bond motifs is 2. The summed E-state index contributed by atoms with van der Waals surface area (Å²) in [5, 5.41) is 4.18. The molecule has 4 rings (SSSR count). The van der Waals surface area contributed by atoms with Gasteiger partial charge in [-0.2, -0.15) is 0 Å². The van der Waals surface area contributed by atoms with E-state index >= 15 is 0 Å². The van der Waals surface area contributed by atoms with Gasteiger partial charge < -0.3 is 5.73 Å². The molecule has 0 heterocycles. The summed E-state index contributed by atoms with van der Waals surface area (Å²) in [6.45, 7) is 0. The Bertz CT molecular complexity index is 1040. The molecule has 4 aromatic rings. The summed E-state index contributed by atoms with van der Waals surface area (Å²) in [7, 11) is 0. The lowest BCUT2D eigenvalue weighted by Crippen LogP contribution is -2.13. The Kier molecular flexibility index (Phi) is 3.09. The van der Waals surface area contributed by atoms with E-state index in [0.717, 1.165) is 32.7 Å². The predicted molar refractivity (Wildman–Crippen MR) is 95.4 cm³/mol. The van der Waals surface area contributed by atoms with Crippen LogP contribution in [0.3, 0.4) is 0 Å². The van der Waals surface area contributed by atoms with Crippen molar-refractivity contribution >= 4 is 27.5 Å². The van der Waals surface area contributed by atoms with Gasteiger partial charge in [0.25, 0.3) is 0 Å².